The van der Waals surface area contributed by atoms with Gasteiger partial charge in [0.05, 0.1) is 12.6 Å². The molecule has 2 amide bonds. The highest BCUT2D eigenvalue weighted by Gasteiger charge is 2.32. The number of carbonyl (C=O) groups is 2. The Morgan fingerprint density at radius 1 is 1.08 bits per heavy atom. The number of hydrogen-bond acceptors (Lipinski definition) is 3. The van der Waals surface area contributed by atoms with E-state index in [0.717, 1.165) is 10.0 Å². The molecule has 0 radical (unpaired) electrons. The van der Waals surface area contributed by atoms with E-state index in [1.807, 2.05) is 42.5 Å². The molecule has 0 aromatic heterocycles. The maximum atomic E-state index is 12.6. The Bertz CT molecular complexity index is 749. The number of amides is 2. The molecule has 1 aliphatic heterocycles. The molecule has 0 bridgehead atoms. The monoisotopic (exact) mass is 402 g/mol. The van der Waals surface area contributed by atoms with Crippen molar-refractivity contribution in [3.8, 4) is 0 Å². The summed E-state index contributed by atoms with van der Waals surface area (Å²) in [4.78, 5) is 28.4. The van der Waals surface area contributed by atoms with E-state index in [-0.39, 0.29) is 31.0 Å². The first kappa shape index (κ1) is 17.6. The van der Waals surface area contributed by atoms with Crippen molar-refractivity contribution in [3.05, 3.63) is 70.2 Å². The predicted octanol–water partition coefficient (Wildman–Crippen LogP) is 2.47. The zero-order chi connectivity index (χ0) is 17.8. The van der Waals surface area contributed by atoms with Gasteiger partial charge >= 0.3 is 0 Å². The van der Waals surface area contributed by atoms with E-state index in [9.17, 15) is 14.7 Å². The Hall–Kier alpha value is -2.18. The van der Waals surface area contributed by atoms with Crippen LogP contribution in [-0.2, 0) is 4.79 Å². The molecule has 25 heavy (non-hydrogen) atoms. The van der Waals surface area contributed by atoms with E-state index in [0.29, 0.717) is 18.7 Å². The molecule has 0 aliphatic carbocycles. The number of hydrogen-bond donors (Lipinski definition) is 1. The van der Waals surface area contributed by atoms with Gasteiger partial charge in [0.1, 0.15) is 6.54 Å². The molecule has 1 N–H and O–H groups in total. The molecule has 1 atom stereocenters. The van der Waals surface area contributed by atoms with Crippen molar-refractivity contribution in [1.82, 2.24) is 9.80 Å². The van der Waals surface area contributed by atoms with Crippen LogP contribution < -0.4 is 0 Å². The minimum Gasteiger partial charge on any atom is -0.394 e. The van der Waals surface area contributed by atoms with Gasteiger partial charge in [0.25, 0.3) is 5.91 Å². The van der Waals surface area contributed by atoms with Crippen LogP contribution in [0.5, 0.6) is 0 Å². The smallest absolute Gasteiger partial charge is 0.254 e. The first-order chi connectivity index (χ1) is 12.1. The molecule has 5 nitrogen and oxygen atoms in total. The molecule has 3 rings (SSSR count). The summed E-state index contributed by atoms with van der Waals surface area (Å²) in [7, 11) is 0. The summed E-state index contributed by atoms with van der Waals surface area (Å²) in [6, 6.07) is 16.2. The quantitative estimate of drug-likeness (QED) is 0.854. The van der Waals surface area contributed by atoms with Gasteiger partial charge in [0.15, 0.2) is 0 Å². The molecule has 2 aromatic rings. The second-order valence-corrected chi connectivity index (χ2v) is 6.85. The van der Waals surface area contributed by atoms with Crippen LogP contribution in [0.15, 0.2) is 59.1 Å². The largest absolute Gasteiger partial charge is 0.394 e. The standard InChI is InChI=1S/C19H19BrN2O3/c20-16-8-6-15(7-9-16)19(25)21-10-11-22(18(24)12-21)17(13-23)14-4-2-1-3-5-14/h1-9,17,23H,10-13H2. The van der Waals surface area contributed by atoms with E-state index in [2.05, 4.69) is 15.9 Å². The van der Waals surface area contributed by atoms with Crippen molar-refractivity contribution in [2.45, 2.75) is 6.04 Å². The van der Waals surface area contributed by atoms with E-state index < -0.39 is 0 Å². The van der Waals surface area contributed by atoms with Crippen molar-refractivity contribution < 1.29 is 14.7 Å². The molecule has 2 aromatic carbocycles. The topological polar surface area (TPSA) is 60.9 Å². The van der Waals surface area contributed by atoms with Crippen LogP contribution in [0.25, 0.3) is 0 Å². The number of aliphatic hydroxyl groups excluding tert-OH is 1. The average Bonchev–Trinajstić information content (AvgIpc) is 2.64. The minimum absolute atomic E-state index is 0.0260. The van der Waals surface area contributed by atoms with Crippen molar-refractivity contribution in [3.63, 3.8) is 0 Å². The highest BCUT2D eigenvalue weighted by molar-refractivity contribution is 9.10. The number of piperazine rings is 1. The molecule has 6 heteroatoms. The SMILES string of the molecule is O=C(c1ccc(Br)cc1)N1CCN(C(CO)c2ccccc2)C(=O)C1. The fourth-order valence-electron chi connectivity index (χ4n) is 3.02. The van der Waals surface area contributed by atoms with Crippen molar-refractivity contribution in [2.24, 2.45) is 0 Å². The summed E-state index contributed by atoms with van der Waals surface area (Å²) < 4.78 is 0.901. The summed E-state index contributed by atoms with van der Waals surface area (Å²) >= 11 is 3.34. The lowest BCUT2D eigenvalue weighted by Crippen LogP contribution is -2.53. The normalized spacial score (nSPS) is 16.0. The van der Waals surface area contributed by atoms with Gasteiger partial charge in [-0.15, -0.1) is 0 Å². The number of carbonyl (C=O) groups excluding carboxylic acids is 2. The molecule has 0 spiro atoms. The Kier molecular flexibility index (Phi) is 5.50. The maximum absolute atomic E-state index is 12.6. The van der Waals surface area contributed by atoms with Gasteiger partial charge in [-0.2, -0.15) is 0 Å². The highest BCUT2D eigenvalue weighted by atomic mass is 79.9. The van der Waals surface area contributed by atoms with Gasteiger partial charge in [-0.1, -0.05) is 46.3 Å². The first-order valence-electron chi connectivity index (χ1n) is 8.10. The minimum atomic E-state index is -0.376. The summed E-state index contributed by atoms with van der Waals surface area (Å²) in [6.45, 7) is 0.736. The molecule has 1 saturated heterocycles. The number of nitrogens with zero attached hydrogens (tertiary/aromatic N) is 2. The molecule has 1 unspecified atom stereocenters. The van der Waals surface area contributed by atoms with E-state index >= 15 is 0 Å². The summed E-state index contributed by atoms with van der Waals surface area (Å²) in [5.41, 5.74) is 1.46. The third-order valence-corrected chi connectivity index (χ3v) is 4.90. The highest BCUT2D eigenvalue weighted by Crippen LogP contribution is 2.23. The van der Waals surface area contributed by atoms with Gasteiger partial charge < -0.3 is 14.9 Å². The Labute approximate surface area is 155 Å². The van der Waals surface area contributed by atoms with Crippen LogP contribution in [-0.4, -0.2) is 53.0 Å². The lowest BCUT2D eigenvalue weighted by atomic mass is 10.0. The van der Waals surface area contributed by atoms with Crippen molar-refractivity contribution >= 4 is 27.7 Å². The van der Waals surface area contributed by atoms with Gasteiger partial charge in [0, 0.05) is 23.1 Å². The third-order valence-electron chi connectivity index (χ3n) is 4.37. The fraction of sp³-hybridized carbons (Fsp3) is 0.263. The van der Waals surface area contributed by atoms with Crippen LogP contribution in [0.1, 0.15) is 22.0 Å². The molecule has 1 aliphatic rings. The Morgan fingerprint density at radius 2 is 1.76 bits per heavy atom. The molecule has 0 saturated carbocycles. The van der Waals surface area contributed by atoms with Gasteiger partial charge in [-0.3, -0.25) is 9.59 Å². The van der Waals surface area contributed by atoms with Crippen LogP contribution in [0, 0.1) is 0 Å². The fourth-order valence-corrected chi connectivity index (χ4v) is 3.29. The molecule has 1 heterocycles. The van der Waals surface area contributed by atoms with Crippen molar-refractivity contribution in [1.29, 1.82) is 0 Å². The lowest BCUT2D eigenvalue weighted by Gasteiger charge is -2.38. The second-order valence-electron chi connectivity index (χ2n) is 5.93. The van der Waals surface area contributed by atoms with Crippen LogP contribution >= 0.6 is 15.9 Å². The Balaban J connectivity index is 1.71. The third kappa shape index (κ3) is 3.91. The van der Waals surface area contributed by atoms with Crippen molar-refractivity contribution in [2.75, 3.05) is 26.2 Å². The molecular weight excluding hydrogens is 384 g/mol. The summed E-state index contributed by atoms with van der Waals surface area (Å²) in [6.07, 6.45) is 0. The predicted molar refractivity (Wildman–Crippen MR) is 98.0 cm³/mol. The maximum Gasteiger partial charge on any atom is 0.254 e. The number of halogens is 1. The van der Waals surface area contributed by atoms with Gasteiger partial charge in [-0.25, -0.2) is 0 Å². The van der Waals surface area contributed by atoms with E-state index in [1.54, 1.807) is 21.9 Å². The first-order valence-corrected chi connectivity index (χ1v) is 8.89. The van der Waals surface area contributed by atoms with Crippen LogP contribution in [0.2, 0.25) is 0 Å². The number of aliphatic hydroxyl groups is 1. The van der Waals surface area contributed by atoms with Gasteiger partial charge in [0.2, 0.25) is 5.91 Å². The van der Waals surface area contributed by atoms with Crippen LogP contribution in [0.4, 0.5) is 0 Å². The number of benzene rings is 2. The lowest BCUT2D eigenvalue weighted by molar-refractivity contribution is -0.138. The van der Waals surface area contributed by atoms with Crippen LogP contribution in [0.3, 0.4) is 0 Å². The van der Waals surface area contributed by atoms with E-state index in [1.165, 1.54) is 0 Å². The van der Waals surface area contributed by atoms with Gasteiger partial charge in [-0.05, 0) is 29.8 Å². The summed E-state index contributed by atoms with van der Waals surface area (Å²) in [5.74, 6) is -0.305. The molecular formula is C19H19BrN2O3. The second kappa shape index (κ2) is 7.80. The molecule has 1 fully saturated rings. The Morgan fingerprint density at radius 3 is 2.36 bits per heavy atom. The van der Waals surface area contributed by atoms with E-state index in [4.69, 9.17) is 0 Å². The summed E-state index contributed by atoms with van der Waals surface area (Å²) in [5, 5.41) is 9.75. The number of rotatable bonds is 4. The zero-order valence-electron chi connectivity index (χ0n) is 13.6. The average molecular weight is 403 g/mol. The molecule has 130 valence electrons. The zero-order valence-corrected chi connectivity index (χ0v) is 15.2.